The van der Waals surface area contributed by atoms with Crippen molar-refractivity contribution in [2.24, 2.45) is 19.1 Å². The second kappa shape index (κ2) is 7.36. The van der Waals surface area contributed by atoms with E-state index in [1.807, 2.05) is 13.0 Å². The van der Waals surface area contributed by atoms with Crippen molar-refractivity contribution in [1.29, 1.82) is 5.26 Å². The van der Waals surface area contributed by atoms with Gasteiger partial charge < -0.3 is 14.9 Å². The molecule has 0 N–H and O–H groups in total. The Hall–Kier alpha value is -3.22. The van der Waals surface area contributed by atoms with Gasteiger partial charge in [-0.15, -0.1) is 0 Å². The van der Waals surface area contributed by atoms with Gasteiger partial charge in [0, 0.05) is 7.05 Å². The molecule has 2 aromatic rings. The van der Waals surface area contributed by atoms with E-state index in [9.17, 15) is 15.4 Å². The first-order valence-electron chi connectivity index (χ1n) is 7.28. The van der Waals surface area contributed by atoms with Crippen molar-refractivity contribution >= 4 is 18.0 Å². The molecule has 2 aromatic heterocycles. The standard InChI is InChI=1S/C14H17N7O3/c1-4-5-6-24-9-17-13-10(7-15)12(18-20(13)3)14-16-8-11(19(14)2)21(22)23/h8-9H,4-6H2,1-3H3. The topological polar surface area (TPSA) is 124 Å². The molecule has 0 aromatic carbocycles. The lowest BCUT2D eigenvalue weighted by molar-refractivity contribution is -0.391. The first-order valence-corrected chi connectivity index (χ1v) is 7.28. The molecule has 24 heavy (non-hydrogen) atoms. The van der Waals surface area contributed by atoms with Gasteiger partial charge in [0.1, 0.15) is 17.8 Å². The van der Waals surface area contributed by atoms with E-state index in [2.05, 4.69) is 15.1 Å². The zero-order valence-corrected chi connectivity index (χ0v) is 13.6. The number of nitriles is 1. The lowest BCUT2D eigenvalue weighted by atomic mass is 10.2. The van der Waals surface area contributed by atoms with Crippen LogP contribution in [0, 0.1) is 21.4 Å². The number of aliphatic imine (C=N–C) groups is 1. The Bertz CT molecular complexity index is 813. The van der Waals surface area contributed by atoms with Gasteiger partial charge in [-0.3, -0.25) is 0 Å². The third kappa shape index (κ3) is 3.24. The van der Waals surface area contributed by atoms with E-state index in [4.69, 9.17) is 4.74 Å². The summed E-state index contributed by atoms with van der Waals surface area (Å²) in [5.74, 6) is 0.337. The van der Waals surface area contributed by atoms with Crippen LogP contribution >= 0.6 is 0 Å². The van der Waals surface area contributed by atoms with Crippen LogP contribution < -0.4 is 0 Å². The van der Waals surface area contributed by atoms with E-state index < -0.39 is 4.92 Å². The van der Waals surface area contributed by atoms with E-state index in [-0.39, 0.29) is 22.9 Å². The van der Waals surface area contributed by atoms with Gasteiger partial charge in [0.2, 0.25) is 0 Å². The molecule has 10 nitrogen and oxygen atoms in total. The van der Waals surface area contributed by atoms with E-state index in [1.165, 1.54) is 22.7 Å². The van der Waals surface area contributed by atoms with Crippen LogP contribution in [0.15, 0.2) is 11.2 Å². The molecular formula is C14H17N7O3. The lowest BCUT2D eigenvalue weighted by Crippen LogP contribution is -2.00. The van der Waals surface area contributed by atoms with Crippen LogP contribution in [0.5, 0.6) is 0 Å². The maximum atomic E-state index is 10.9. The number of unbranched alkanes of at least 4 members (excludes halogenated alkanes) is 1. The molecule has 10 heteroatoms. The predicted octanol–water partition coefficient (Wildman–Crippen LogP) is 2.08. The van der Waals surface area contributed by atoms with Crippen LogP contribution in [0.1, 0.15) is 25.3 Å². The zero-order valence-electron chi connectivity index (χ0n) is 13.6. The summed E-state index contributed by atoms with van der Waals surface area (Å²) in [5, 5.41) is 24.6. The second-order valence-corrected chi connectivity index (χ2v) is 5.00. The first kappa shape index (κ1) is 17.1. The van der Waals surface area contributed by atoms with Gasteiger partial charge in [-0.2, -0.15) is 15.4 Å². The predicted molar refractivity (Wildman–Crippen MR) is 85.8 cm³/mol. The average Bonchev–Trinajstić information content (AvgIpc) is 3.07. The molecule has 126 valence electrons. The Morgan fingerprint density at radius 2 is 2.29 bits per heavy atom. The van der Waals surface area contributed by atoms with Crippen LogP contribution in [0.4, 0.5) is 11.6 Å². The molecule has 2 rings (SSSR count). The first-order chi connectivity index (χ1) is 11.5. The van der Waals surface area contributed by atoms with Gasteiger partial charge in [-0.25, -0.2) is 14.2 Å². The Morgan fingerprint density at radius 1 is 1.54 bits per heavy atom. The Labute approximate surface area is 138 Å². The fraction of sp³-hybridized carbons (Fsp3) is 0.429. The number of rotatable bonds is 7. The second-order valence-electron chi connectivity index (χ2n) is 5.00. The van der Waals surface area contributed by atoms with Crippen molar-refractivity contribution in [3.63, 3.8) is 0 Å². The summed E-state index contributed by atoms with van der Waals surface area (Å²) in [6.45, 7) is 2.59. The van der Waals surface area contributed by atoms with Crippen molar-refractivity contribution < 1.29 is 9.66 Å². The number of aromatic nitrogens is 4. The average molecular weight is 331 g/mol. The van der Waals surface area contributed by atoms with Gasteiger partial charge in [0.25, 0.3) is 5.82 Å². The minimum Gasteiger partial charge on any atom is -0.483 e. The summed E-state index contributed by atoms with van der Waals surface area (Å²) in [5.41, 5.74) is 0.410. The molecule has 0 saturated heterocycles. The fourth-order valence-electron chi connectivity index (χ4n) is 2.08. The van der Waals surface area contributed by atoms with Crippen LogP contribution in [0.2, 0.25) is 0 Å². The summed E-state index contributed by atoms with van der Waals surface area (Å²) >= 11 is 0. The number of ether oxygens (including phenoxy) is 1. The van der Waals surface area contributed by atoms with Crippen molar-refractivity contribution in [2.75, 3.05) is 6.61 Å². The van der Waals surface area contributed by atoms with Crippen molar-refractivity contribution in [1.82, 2.24) is 19.3 Å². The minimum atomic E-state index is -0.549. The minimum absolute atomic E-state index is 0.177. The maximum Gasteiger partial charge on any atom is 0.342 e. The van der Waals surface area contributed by atoms with Crippen LogP contribution in [-0.2, 0) is 18.8 Å². The highest BCUT2D eigenvalue weighted by atomic mass is 16.6. The van der Waals surface area contributed by atoms with Gasteiger partial charge in [-0.05, 0) is 11.3 Å². The summed E-state index contributed by atoms with van der Waals surface area (Å²) < 4.78 is 7.94. The number of hydrogen-bond donors (Lipinski definition) is 0. The molecule has 0 spiro atoms. The molecule has 0 saturated carbocycles. The maximum absolute atomic E-state index is 10.9. The van der Waals surface area contributed by atoms with Crippen molar-refractivity contribution in [2.45, 2.75) is 19.8 Å². The van der Waals surface area contributed by atoms with Crippen LogP contribution in [-0.4, -0.2) is 37.3 Å². The number of nitrogens with zero attached hydrogens (tertiary/aromatic N) is 7. The number of hydrogen-bond acceptors (Lipinski definition) is 7. The summed E-state index contributed by atoms with van der Waals surface area (Å²) in [7, 11) is 3.12. The SMILES string of the molecule is CCCCOC=Nc1c(C#N)c(-c2ncc([N+](=O)[O-])n2C)nn1C. The zero-order chi connectivity index (χ0) is 17.7. The van der Waals surface area contributed by atoms with Gasteiger partial charge >= 0.3 is 5.82 Å². The van der Waals surface area contributed by atoms with E-state index >= 15 is 0 Å². The van der Waals surface area contributed by atoms with E-state index in [1.54, 1.807) is 7.05 Å². The summed E-state index contributed by atoms with van der Waals surface area (Å²) in [6, 6.07) is 2.03. The molecule has 0 amide bonds. The Balaban J connectivity index is 2.38. The number of nitro groups is 1. The monoisotopic (exact) mass is 331 g/mol. The highest BCUT2D eigenvalue weighted by Crippen LogP contribution is 2.30. The third-order valence-corrected chi connectivity index (χ3v) is 3.36. The van der Waals surface area contributed by atoms with Crippen LogP contribution in [0.25, 0.3) is 11.5 Å². The van der Waals surface area contributed by atoms with Crippen molar-refractivity contribution in [3.05, 3.63) is 21.9 Å². The highest BCUT2D eigenvalue weighted by Gasteiger charge is 2.26. The molecule has 0 unspecified atom stereocenters. The quantitative estimate of drug-likeness (QED) is 0.251. The lowest BCUT2D eigenvalue weighted by Gasteiger charge is -1.98. The van der Waals surface area contributed by atoms with E-state index in [0.29, 0.717) is 12.4 Å². The molecule has 0 radical (unpaired) electrons. The van der Waals surface area contributed by atoms with Gasteiger partial charge in [-0.1, -0.05) is 13.3 Å². The molecule has 0 aliphatic rings. The molecule has 0 aliphatic heterocycles. The largest absolute Gasteiger partial charge is 0.483 e. The smallest absolute Gasteiger partial charge is 0.342 e. The van der Waals surface area contributed by atoms with Gasteiger partial charge in [0.05, 0.1) is 13.7 Å². The number of aryl methyl sites for hydroxylation is 1. The van der Waals surface area contributed by atoms with E-state index in [0.717, 1.165) is 19.0 Å². The highest BCUT2D eigenvalue weighted by molar-refractivity contribution is 5.71. The van der Waals surface area contributed by atoms with Crippen LogP contribution in [0.3, 0.4) is 0 Å². The normalized spacial score (nSPS) is 10.9. The molecule has 2 heterocycles. The Morgan fingerprint density at radius 3 is 2.88 bits per heavy atom. The summed E-state index contributed by atoms with van der Waals surface area (Å²) in [4.78, 5) is 18.5. The fourth-order valence-corrected chi connectivity index (χ4v) is 2.08. The Kier molecular flexibility index (Phi) is 5.26. The number of imidazole rings is 1. The molecular weight excluding hydrogens is 314 g/mol. The summed E-state index contributed by atoms with van der Waals surface area (Å²) in [6.07, 6.45) is 4.32. The van der Waals surface area contributed by atoms with Gasteiger partial charge in [0.15, 0.2) is 17.9 Å². The molecule has 0 bridgehead atoms. The molecule has 0 aliphatic carbocycles. The molecule has 0 atom stereocenters. The molecule has 0 fully saturated rings. The van der Waals surface area contributed by atoms with Crippen molar-refractivity contribution in [3.8, 4) is 17.6 Å². The third-order valence-electron chi connectivity index (χ3n) is 3.36.